The van der Waals surface area contributed by atoms with Crippen molar-refractivity contribution >= 4 is 11.8 Å². The largest absolute Gasteiger partial charge is 0.381 e. The fourth-order valence-corrected chi connectivity index (χ4v) is 2.58. The van der Waals surface area contributed by atoms with Gasteiger partial charge in [0.15, 0.2) is 6.04 Å². The van der Waals surface area contributed by atoms with Gasteiger partial charge in [-0.3, -0.25) is 14.6 Å². The zero-order valence-electron chi connectivity index (χ0n) is 14.0. The van der Waals surface area contributed by atoms with Gasteiger partial charge >= 0.3 is 0 Å². The summed E-state index contributed by atoms with van der Waals surface area (Å²) >= 11 is 0. The highest BCUT2D eigenvalue weighted by Crippen LogP contribution is 2.26. The van der Waals surface area contributed by atoms with Crippen LogP contribution in [0.25, 0.3) is 0 Å². The molecule has 1 aliphatic heterocycles. The summed E-state index contributed by atoms with van der Waals surface area (Å²) in [5.74, 6) is -0.289. The van der Waals surface area contributed by atoms with Gasteiger partial charge in [0.25, 0.3) is 0 Å². The van der Waals surface area contributed by atoms with Crippen molar-refractivity contribution in [1.29, 1.82) is 0 Å². The molecule has 2 amide bonds. The Morgan fingerprint density at radius 3 is 2.52 bits per heavy atom. The lowest BCUT2D eigenvalue weighted by molar-refractivity contribution is -0.130. The van der Waals surface area contributed by atoms with Crippen LogP contribution in [0.15, 0.2) is 18.2 Å². The van der Waals surface area contributed by atoms with Gasteiger partial charge in [0, 0.05) is 37.8 Å². The predicted molar refractivity (Wildman–Crippen MR) is 86.8 cm³/mol. The van der Waals surface area contributed by atoms with Gasteiger partial charge in [-0.05, 0) is 25.0 Å². The zero-order valence-corrected chi connectivity index (χ0v) is 14.0. The maximum atomic E-state index is 12.2. The van der Waals surface area contributed by atoms with E-state index < -0.39 is 6.04 Å². The molecule has 0 aromatic carbocycles. The average molecular weight is 319 g/mol. The molecule has 0 bridgehead atoms. The number of nitrogens with one attached hydrogen (secondary N) is 2. The number of carbonyl (C=O) groups excluding carboxylic acids is 2. The van der Waals surface area contributed by atoms with Crippen molar-refractivity contribution in [1.82, 2.24) is 15.6 Å². The SMILES string of the molecule is CNC(=O)C(NC(=O)C(C)C)c1cccc(C2CCOCC2)n1. The summed E-state index contributed by atoms with van der Waals surface area (Å²) in [4.78, 5) is 28.8. The molecule has 0 spiro atoms. The standard InChI is InChI=1S/C17H25N3O3/c1-11(2)16(21)20-15(17(22)18-3)14-6-4-5-13(19-14)12-7-9-23-10-8-12/h4-6,11-12,15H,7-10H2,1-3H3,(H,18,22)(H,20,21). The second-order valence-electron chi connectivity index (χ2n) is 6.08. The van der Waals surface area contributed by atoms with Gasteiger partial charge in [0.2, 0.25) is 11.8 Å². The number of carbonyl (C=O) groups is 2. The molecule has 1 fully saturated rings. The summed E-state index contributed by atoms with van der Waals surface area (Å²) in [5, 5.41) is 5.37. The van der Waals surface area contributed by atoms with Crippen LogP contribution in [0.2, 0.25) is 0 Å². The lowest BCUT2D eigenvalue weighted by atomic mass is 9.95. The predicted octanol–water partition coefficient (Wildman–Crippen LogP) is 1.53. The molecular formula is C17H25N3O3. The number of rotatable bonds is 5. The van der Waals surface area contributed by atoms with Crippen LogP contribution in [0.1, 0.15) is 50.0 Å². The van der Waals surface area contributed by atoms with Crippen LogP contribution in [0.4, 0.5) is 0 Å². The third kappa shape index (κ3) is 4.51. The summed E-state index contributed by atoms with van der Waals surface area (Å²) in [6.45, 7) is 5.06. The fourth-order valence-electron chi connectivity index (χ4n) is 2.58. The van der Waals surface area contributed by atoms with Gasteiger partial charge in [-0.15, -0.1) is 0 Å². The van der Waals surface area contributed by atoms with Gasteiger partial charge in [-0.1, -0.05) is 19.9 Å². The number of hydrogen-bond donors (Lipinski definition) is 2. The van der Waals surface area contributed by atoms with Gasteiger partial charge in [-0.25, -0.2) is 0 Å². The normalized spacial score (nSPS) is 16.9. The maximum Gasteiger partial charge on any atom is 0.248 e. The Kier molecular flexibility index (Phi) is 6.10. The molecule has 6 nitrogen and oxygen atoms in total. The highest BCUT2D eigenvalue weighted by Gasteiger charge is 2.25. The second kappa shape index (κ2) is 8.06. The van der Waals surface area contributed by atoms with Crippen LogP contribution >= 0.6 is 0 Å². The molecule has 1 aliphatic rings. The Hall–Kier alpha value is -1.95. The minimum absolute atomic E-state index is 0.170. The molecular weight excluding hydrogens is 294 g/mol. The van der Waals surface area contributed by atoms with Crippen molar-refractivity contribution in [3.05, 3.63) is 29.6 Å². The summed E-state index contributed by atoms with van der Waals surface area (Å²) in [6, 6.07) is 4.88. The minimum Gasteiger partial charge on any atom is -0.381 e. The minimum atomic E-state index is -0.769. The van der Waals surface area contributed by atoms with E-state index in [1.165, 1.54) is 0 Å². The van der Waals surface area contributed by atoms with Crippen molar-refractivity contribution in [2.75, 3.05) is 20.3 Å². The van der Waals surface area contributed by atoms with E-state index in [2.05, 4.69) is 15.6 Å². The van der Waals surface area contributed by atoms with E-state index in [1.54, 1.807) is 27.0 Å². The summed E-state index contributed by atoms with van der Waals surface area (Å²) in [5.41, 5.74) is 1.53. The van der Waals surface area contributed by atoms with Crippen molar-refractivity contribution in [2.45, 2.75) is 38.6 Å². The number of aromatic nitrogens is 1. The monoisotopic (exact) mass is 319 g/mol. The third-order valence-corrected chi connectivity index (χ3v) is 4.05. The van der Waals surface area contributed by atoms with E-state index >= 15 is 0 Å². The van der Waals surface area contributed by atoms with Crippen LogP contribution < -0.4 is 10.6 Å². The first kappa shape index (κ1) is 17.4. The van der Waals surface area contributed by atoms with E-state index in [-0.39, 0.29) is 17.7 Å². The molecule has 1 atom stereocenters. The third-order valence-electron chi connectivity index (χ3n) is 4.05. The van der Waals surface area contributed by atoms with Crippen LogP contribution in [0.3, 0.4) is 0 Å². The van der Waals surface area contributed by atoms with Gasteiger partial charge in [-0.2, -0.15) is 0 Å². The average Bonchev–Trinajstić information content (AvgIpc) is 2.59. The molecule has 6 heteroatoms. The maximum absolute atomic E-state index is 12.2. The van der Waals surface area contributed by atoms with Crippen molar-refractivity contribution in [3.63, 3.8) is 0 Å². The first-order chi connectivity index (χ1) is 11.0. The van der Waals surface area contributed by atoms with E-state index in [0.29, 0.717) is 11.6 Å². The smallest absolute Gasteiger partial charge is 0.248 e. The van der Waals surface area contributed by atoms with Crippen molar-refractivity contribution in [3.8, 4) is 0 Å². The molecule has 0 aliphatic carbocycles. The summed E-state index contributed by atoms with van der Waals surface area (Å²) < 4.78 is 5.38. The molecule has 126 valence electrons. The lowest BCUT2D eigenvalue weighted by Crippen LogP contribution is -2.41. The van der Waals surface area contributed by atoms with E-state index in [1.807, 2.05) is 12.1 Å². The lowest BCUT2D eigenvalue weighted by Gasteiger charge is -2.23. The Morgan fingerprint density at radius 2 is 1.91 bits per heavy atom. The molecule has 2 heterocycles. The molecule has 1 unspecified atom stereocenters. The Labute approximate surface area is 137 Å². The van der Waals surface area contributed by atoms with Crippen LogP contribution in [0, 0.1) is 5.92 Å². The summed E-state index contributed by atoms with van der Waals surface area (Å²) in [6.07, 6.45) is 1.86. The highest BCUT2D eigenvalue weighted by atomic mass is 16.5. The Bertz CT molecular complexity index is 554. The molecule has 0 radical (unpaired) electrons. The molecule has 23 heavy (non-hydrogen) atoms. The quantitative estimate of drug-likeness (QED) is 0.862. The molecule has 0 saturated carbocycles. The number of amides is 2. The zero-order chi connectivity index (χ0) is 16.8. The number of hydrogen-bond acceptors (Lipinski definition) is 4. The number of likely N-dealkylation sites (N-methyl/N-ethyl adjacent to an activating group) is 1. The molecule has 1 aromatic rings. The number of nitrogens with zero attached hydrogens (tertiary/aromatic N) is 1. The van der Waals surface area contributed by atoms with Crippen LogP contribution in [-0.4, -0.2) is 37.1 Å². The van der Waals surface area contributed by atoms with Crippen LogP contribution in [0.5, 0.6) is 0 Å². The van der Waals surface area contributed by atoms with E-state index in [0.717, 1.165) is 31.7 Å². The van der Waals surface area contributed by atoms with Crippen LogP contribution in [-0.2, 0) is 14.3 Å². The van der Waals surface area contributed by atoms with Gasteiger partial charge in [0.05, 0.1) is 5.69 Å². The first-order valence-corrected chi connectivity index (χ1v) is 8.09. The summed E-state index contributed by atoms with van der Waals surface area (Å²) in [7, 11) is 1.55. The topological polar surface area (TPSA) is 80.3 Å². The van der Waals surface area contributed by atoms with E-state index in [4.69, 9.17) is 4.74 Å². The highest BCUT2D eigenvalue weighted by molar-refractivity contribution is 5.88. The Morgan fingerprint density at radius 1 is 1.22 bits per heavy atom. The molecule has 2 rings (SSSR count). The van der Waals surface area contributed by atoms with E-state index in [9.17, 15) is 9.59 Å². The van der Waals surface area contributed by atoms with Gasteiger partial charge in [0.1, 0.15) is 0 Å². The van der Waals surface area contributed by atoms with Crippen molar-refractivity contribution in [2.24, 2.45) is 5.92 Å². The molecule has 1 aromatic heterocycles. The number of pyridine rings is 1. The number of ether oxygens (including phenoxy) is 1. The first-order valence-electron chi connectivity index (χ1n) is 8.09. The van der Waals surface area contributed by atoms with Crippen molar-refractivity contribution < 1.29 is 14.3 Å². The second-order valence-corrected chi connectivity index (χ2v) is 6.08. The molecule has 2 N–H and O–H groups in total. The van der Waals surface area contributed by atoms with Gasteiger partial charge < -0.3 is 15.4 Å². The molecule has 1 saturated heterocycles. The fraction of sp³-hybridized carbons (Fsp3) is 0.588. The Balaban J connectivity index is 2.23.